The summed E-state index contributed by atoms with van der Waals surface area (Å²) in [6.45, 7) is 8.55. The molecular formula is C18H32O4. The van der Waals surface area contributed by atoms with Gasteiger partial charge in [0, 0.05) is 33.2 Å². The number of fused-ring (bicyclic) bond motifs is 1. The predicted octanol–water partition coefficient (Wildman–Crippen LogP) is 3.08. The van der Waals surface area contributed by atoms with Crippen LogP contribution in [0.1, 0.15) is 47.0 Å². The second-order valence-corrected chi connectivity index (χ2v) is 8.00. The number of Topliss-reactive ketones (excluding diaryl/α,β-unsaturated/α-hetero) is 1. The van der Waals surface area contributed by atoms with Crippen molar-refractivity contribution in [1.29, 1.82) is 0 Å². The molecule has 0 aromatic rings. The molecule has 0 aromatic heterocycles. The Bertz CT molecular complexity index is 419. The summed E-state index contributed by atoms with van der Waals surface area (Å²) in [6.07, 6.45) is 2.63. The average Bonchev–Trinajstić information content (AvgIpc) is 2.76. The molecule has 128 valence electrons. The van der Waals surface area contributed by atoms with Crippen LogP contribution in [0.15, 0.2) is 0 Å². The van der Waals surface area contributed by atoms with Crippen molar-refractivity contribution in [3.05, 3.63) is 0 Å². The van der Waals surface area contributed by atoms with Crippen LogP contribution in [0.3, 0.4) is 0 Å². The lowest BCUT2D eigenvalue weighted by Gasteiger charge is -2.42. The maximum Gasteiger partial charge on any atom is 0.144 e. The minimum Gasteiger partial charge on any atom is -0.381 e. The molecular weight excluding hydrogens is 280 g/mol. The number of carbonyl (C=O) groups excluding carboxylic acids is 1. The van der Waals surface area contributed by atoms with Crippen LogP contribution >= 0.6 is 0 Å². The van der Waals surface area contributed by atoms with Gasteiger partial charge in [-0.25, -0.2) is 0 Å². The summed E-state index contributed by atoms with van der Waals surface area (Å²) in [5.74, 6) is 0.269. The second-order valence-electron chi connectivity index (χ2n) is 8.00. The summed E-state index contributed by atoms with van der Waals surface area (Å²) in [5.41, 5.74) is -0.325. The van der Waals surface area contributed by atoms with Crippen molar-refractivity contribution < 1.29 is 19.0 Å². The number of hydrogen-bond acceptors (Lipinski definition) is 4. The standard InChI is InChI=1S/C18H32O4/c1-11-13(20-5)8-9-18(4,22-7)12-10-17(2,3)16(21-6)14(12)15(11)19/h11-14,16H,8-10H2,1-7H3/t11-,12-,13-,14+,16-,18-/m0/s1. The number of carbonyl (C=O) groups is 1. The first-order chi connectivity index (χ1) is 10.2. The SMILES string of the molecule is CO[C@H]1CC[C@](C)(OC)[C@H]2CC(C)(C)[C@@H](OC)[C@H]2C(=O)[C@H]1C. The Morgan fingerprint density at radius 1 is 1.09 bits per heavy atom. The van der Waals surface area contributed by atoms with Crippen LogP contribution in [0.2, 0.25) is 0 Å². The number of rotatable bonds is 3. The van der Waals surface area contributed by atoms with E-state index in [2.05, 4.69) is 20.8 Å². The molecule has 0 radical (unpaired) electrons. The normalized spacial score (nSPS) is 45.2. The van der Waals surface area contributed by atoms with E-state index < -0.39 is 0 Å². The van der Waals surface area contributed by atoms with Crippen molar-refractivity contribution in [2.75, 3.05) is 21.3 Å². The highest BCUT2D eigenvalue weighted by Crippen LogP contribution is 2.54. The quantitative estimate of drug-likeness (QED) is 0.803. The first-order valence-corrected chi connectivity index (χ1v) is 8.36. The van der Waals surface area contributed by atoms with Gasteiger partial charge in [-0.2, -0.15) is 0 Å². The number of methoxy groups -OCH3 is 3. The number of ether oxygens (including phenoxy) is 3. The van der Waals surface area contributed by atoms with E-state index >= 15 is 0 Å². The fourth-order valence-corrected chi connectivity index (χ4v) is 4.84. The van der Waals surface area contributed by atoms with Crippen LogP contribution in [0.25, 0.3) is 0 Å². The molecule has 2 aliphatic carbocycles. The van der Waals surface area contributed by atoms with Gasteiger partial charge in [-0.3, -0.25) is 4.79 Å². The highest BCUT2D eigenvalue weighted by molar-refractivity contribution is 5.85. The predicted molar refractivity (Wildman–Crippen MR) is 85.8 cm³/mol. The van der Waals surface area contributed by atoms with Crippen molar-refractivity contribution in [2.24, 2.45) is 23.2 Å². The Morgan fingerprint density at radius 3 is 2.23 bits per heavy atom. The van der Waals surface area contributed by atoms with Crippen molar-refractivity contribution in [1.82, 2.24) is 0 Å². The van der Waals surface area contributed by atoms with E-state index in [1.54, 1.807) is 21.3 Å². The highest BCUT2D eigenvalue weighted by Gasteiger charge is 2.59. The first kappa shape index (κ1) is 17.9. The Balaban J connectivity index is 2.47. The molecule has 4 nitrogen and oxygen atoms in total. The summed E-state index contributed by atoms with van der Waals surface area (Å²) in [5, 5.41) is 0. The zero-order valence-corrected chi connectivity index (χ0v) is 15.1. The van der Waals surface area contributed by atoms with Crippen molar-refractivity contribution in [2.45, 2.75) is 64.8 Å². The van der Waals surface area contributed by atoms with Crippen molar-refractivity contribution in [3.8, 4) is 0 Å². The van der Waals surface area contributed by atoms with E-state index in [1.165, 1.54) is 0 Å². The van der Waals surface area contributed by atoms with Gasteiger partial charge in [-0.15, -0.1) is 0 Å². The molecule has 2 fully saturated rings. The summed E-state index contributed by atoms with van der Waals surface area (Å²) < 4.78 is 17.3. The molecule has 4 heteroatoms. The summed E-state index contributed by atoms with van der Waals surface area (Å²) in [7, 11) is 5.19. The third-order valence-electron chi connectivity index (χ3n) is 6.34. The zero-order valence-electron chi connectivity index (χ0n) is 15.1. The summed E-state index contributed by atoms with van der Waals surface area (Å²) in [4.78, 5) is 13.2. The molecule has 22 heavy (non-hydrogen) atoms. The van der Waals surface area contributed by atoms with E-state index in [9.17, 15) is 4.79 Å². The Morgan fingerprint density at radius 2 is 1.73 bits per heavy atom. The molecule has 2 rings (SSSR count). The van der Waals surface area contributed by atoms with Crippen LogP contribution in [-0.2, 0) is 19.0 Å². The van der Waals surface area contributed by atoms with Gasteiger partial charge in [0.25, 0.3) is 0 Å². The molecule has 2 aliphatic rings. The van der Waals surface area contributed by atoms with Crippen LogP contribution in [0, 0.1) is 23.2 Å². The van der Waals surface area contributed by atoms with E-state index in [-0.39, 0.29) is 46.8 Å². The van der Waals surface area contributed by atoms with Gasteiger partial charge in [0.2, 0.25) is 0 Å². The number of ketones is 1. The van der Waals surface area contributed by atoms with E-state index in [0.29, 0.717) is 0 Å². The lowest BCUT2D eigenvalue weighted by atomic mass is 9.70. The zero-order chi connectivity index (χ0) is 16.7. The molecule has 0 aliphatic heterocycles. The van der Waals surface area contributed by atoms with Gasteiger partial charge < -0.3 is 14.2 Å². The monoisotopic (exact) mass is 312 g/mol. The van der Waals surface area contributed by atoms with E-state index in [0.717, 1.165) is 19.3 Å². The molecule has 0 aromatic carbocycles. The van der Waals surface area contributed by atoms with Crippen molar-refractivity contribution in [3.63, 3.8) is 0 Å². The molecule has 0 spiro atoms. The minimum absolute atomic E-state index is 0.0217. The molecule has 6 atom stereocenters. The van der Waals surface area contributed by atoms with Gasteiger partial charge >= 0.3 is 0 Å². The largest absolute Gasteiger partial charge is 0.381 e. The summed E-state index contributed by atoms with van der Waals surface area (Å²) >= 11 is 0. The third-order valence-corrected chi connectivity index (χ3v) is 6.34. The van der Waals surface area contributed by atoms with Gasteiger partial charge in [-0.05, 0) is 31.6 Å². The Hall–Kier alpha value is -0.450. The smallest absolute Gasteiger partial charge is 0.144 e. The van der Waals surface area contributed by atoms with Gasteiger partial charge in [0.1, 0.15) is 5.78 Å². The third kappa shape index (κ3) is 2.74. The van der Waals surface area contributed by atoms with Crippen molar-refractivity contribution >= 4 is 5.78 Å². The second kappa shape index (κ2) is 6.21. The number of hydrogen-bond donors (Lipinski definition) is 0. The maximum absolute atomic E-state index is 13.2. The topological polar surface area (TPSA) is 44.8 Å². The van der Waals surface area contributed by atoms with E-state index in [1.807, 2.05) is 6.92 Å². The highest BCUT2D eigenvalue weighted by atomic mass is 16.5. The molecule has 0 heterocycles. The average molecular weight is 312 g/mol. The van der Waals surface area contributed by atoms with Crippen LogP contribution < -0.4 is 0 Å². The fraction of sp³-hybridized carbons (Fsp3) is 0.944. The molecule has 0 amide bonds. The van der Waals surface area contributed by atoms with E-state index in [4.69, 9.17) is 14.2 Å². The van der Waals surface area contributed by atoms with Crippen LogP contribution in [-0.4, -0.2) is 44.9 Å². The fourth-order valence-electron chi connectivity index (χ4n) is 4.84. The Kier molecular flexibility index (Phi) is 5.06. The summed E-state index contributed by atoms with van der Waals surface area (Å²) in [6, 6.07) is 0. The van der Waals surface area contributed by atoms with Crippen LogP contribution in [0.4, 0.5) is 0 Å². The molecule has 2 saturated carbocycles. The first-order valence-electron chi connectivity index (χ1n) is 8.36. The van der Waals surface area contributed by atoms with Gasteiger partial charge in [0.15, 0.2) is 0 Å². The molecule has 0 bridgehead atoms. The molecule has 0 saturated heterocycles. The molecule has 0 unspecified atom stereocenters. The molecule has 0 N–H and O–H groups in total. The lowest BCUT2D eigenvalue weighted by Crippen LogP contribution is -2.50. The van der Waals surface area contributed by atoms with Gasteiger partial charge in [-0.1, -0.05) is 20.8 Å². The van der Waals surface area contributed by atoms with Gasteiger partial charge in [0.05, 0.1) is 23.7 Å². The Labute approximate surface area is 134 Å². The van der Waals surface area contributed by atoms with Crippen LogP contribution in [0.5, 0.6) is 0 Å². The lowest BCUT2D eigenvalue weighted by molar-refractivity contribution is -0.149. The maximum atomic E-state index is 13.2. The minimum atomic E-state index is -0.304.